The number of hydrogen-bond donors (Lipinski definition) is 1. The fraction of sp³-hybridized carbons (Fsp3) is 0.350. The Kier molecular flexibility index (Phi) is 9.68. The summed E-state index contributed by atoms with van der Waals surface area (Å²) in [6.45, 7) is 12.6. The molecule has 1 N–H and O–H groups in total. The van der Waals surface area contributed by atoms with Gasteiger partial charge in [0, 0.05) is 63.4 Å². The van der Waals surface area contributed by atoms with Crippen LogP contribution in [-0.2, 0) is 29.0 Å². The number of thioether (sulfide) groups is 1. The first kappa shape index (κ1) is 35.0. The summed E-state index contributed by atoms with van der Waals surface area (Å²) in [5, 5.41) is 19.6. The quantitative estimate of drug-likeness (QED) is 0.139. The van der Waals surface area contributed by atoms with Gasteiger partial charge in [-0.15, -0.1) is 22.0 Å². The van der Waals surface area contributed by atoms with Gasteiger partial charge in [-0.2, -0.15) is 0 Å². The lowest BCUT2D eigenvalue weighted by Gasteiger charge is -2.24. The smallest absolute Gasteiger partial charge is 0.309 e. The molecule has 0 saturated carbocycles. The number of carbonyl (C=O) groups excluding carboxylic acids is 1. The number of carboxylic acid groups (broad SMARTS) is 1. The number of carbonyl (C=O) groups is 2. The van der Waals surface area contributed by atoms with Gasteiger partial charge in [0.05, 0.1) is 24.3 Å². The van der Waals surface area contributed by atoms with Crippen molar-refractivity contribution in [2.45, 2.75) is 76.6 Å². The standard InChI is InChI=1S/C40H44N4O5S/c1-25(45)44-29(20-28-10-8-9-11-33(28)44)24-49-30-16-18-34-31(21-30)37(50-39(2,3)4)35(22-40(5,6)38(46)47)43(34)23-26-12-14-27(15-13-26)32-17-19-36(48-7)42-41-32/h8-19,21,29H,20,22-24H2,1-7H3,(H,46,47)/t29-/m0/s1. The second kappa shape index (κ2) is 13.8. The molecule has 0 bridgehead atoms. The third kappa shape index (κ3) is 7.35. The van der Waals surface area contributed by atoms with Crippen LogP contribution in [-0.4, -0.2) is 56.3 Å². The third-order valence-electron chi connectivity index (χ3n) is 8.98. The van der Waals surface area contributed by atoms with Crippen molar-refractivity contribution in [2.24, 2.45) is 5.41 Å². The maximum atomic E-state index is 12.7. The van der Waals surface area contributed by atoms with Crippen molar-refractivity contribution >= 4 is 40.2 Å². The normalized spacial score (nSPS) is 14.5. The van der Waals surface area contributed by atoms with Gasteiger partial charge in [-0.25, -0.2) is 0 Å². The lowest BCUT2D eigenvalue weighted by atomic mass is 9.88. The maximum Gasteiger partial charge on any atom is 0.309 e. The molecule has 1 amide bonds. The number of ether oxygens (including phenoxy) is 2. The van der Waals surface area contributed by atoms with Crippen LogP contribution in [0.2, 0.25) is 0 Å². The van der Waals surface area contributed by atoms with Crippen LogP contribution in [0.5, 0.6) is 11.6 Å². The van der Waals surface area contributed by atoms with E-state index in [2.05, 4.69) is 65.9 Å². The number of nitrogens with zero attached hydrogens (tertiary/aromatic N) is 4. The molecule has 10 heteroatoms. The van der Waals surface area contributed by atoms with Gasteiger partial charge in [0.15, 0.2) is 0 Å². The Morgan fingerprint density at radius 3 is 2.34 bits per heavy atom. The molecule has 2 aromatic heterocycles. The summed E-state index contributed by atoms with van der Waals surface area (Å²) in [5.41, 5.74) is 5.82. The Morgan fingerprint density at radius 1 is 0.960 bits per heavy atom. The van der Waals surface area contributed by atoms with E-state index in [1.807, 2.05) is 47.4 Å². The SMILES string of the molecule is COc1ccc(-c2ccc(Cn3c(CC(C)(C)C(=O)O)c(SC(C)(C)C)c4cc(OC[C@@H]5Cc6ccccc6N5C(C)=O)ccc43)cc2)nn1. The first-order valence-corrected chi connectivity index (χ1v) is 17.6. The monoisotopic (exact) mass is 692 g/mol. The molecule has 0 radical (unpaired) electrons. The number of aliphatic carboxylic acids is 1. The van der Waals surface area contributed by atoms with E-state index in [0.29, 0.717) is 31.2 Å². The summed E-state index contributed by atoms with van der Waals surface area (Å²) in [7, 11) is 1.56. The Hall–Kier alpha value is -4.83. The third-order valence-corrected chi connectivity index (χ3v) is 10.3. The topological polar surface area (TPSA) is 107 Å². The summed E-state index contributed by atoms with van der Waals surface area (Å²) in [4.78, 5) is 28.0. The van der Waals surface area contributed by atoms with Crippen LogP contribution in [0, 0.1) is 5.41 Å². The first-order valence-electron chi connectivity index (χ1n) is 16.8. The molecule has 1 aliphatic heterocycles. The van der Waals surface area contributed by atoms with Gasteiger partial charge in [-0.1, -0.05) is 63.2 Å². The van der Waals surface area contributed by atoms with Crippen LogP contribution in [0.3, 0.4) is 0 Å². The van der Waals surface area contributed by atoms with Crippen molar-refractivity contribution in [1.82, 2.24) is 14.8 Å². The number of benzene rings is 3. The van der Waals surface area contributed by atoms with Crippen molar-refractivity contribution < 1.29 is 24.2 Å². The van der Waals surface area contributed by atoms with Crippen molar-refractivity contribution in [3.8, 4) is 22.9 Å². The molecular weight excluding hydrogens is 649 g/mol. The van der Waals surface area contributed by atoms with Gasteiger partial charge in [0.25, 0.3) is 0 Å². The number of rotatable bonds is 11. The van der Waals surface area contributed by atoms with Crippen molar-refractivity contribution in [3.05, 3.63) is 95.7 Å². The lowest BCUT2D eigenvalue weighted by molar-refractivity contribution is -0.146. The van der Waals surface area contributed by atoms with Crippen LogP contribution >= 0.6 is 11.8 Å². The zero-order valence-electron chi connectivity index (χ0n) is 29.7. The highest BCUT2D eigenvalue weighted by Gasteiger charge is 2.34. The predicted molar refractivity (Wildman–Crippen MR) is 198 cm³/mol. The molecule has 6 rings (SSSR count). The highest BCUT2D eigenvalue weighted by atomic mass is 32.2. The van der Waals surface area contributed by atoms with Gasteiger partial charge in [-0.3, -0.25) is 9.59 Å². The molecule has 50 heavy (non-hydrogen) atoms. The Labute approximate surface area is 297 Å². The van der Waals surface area contributed by atoms with Gasteiger partial charge in [0.2, 0.25) is 11.8 Å². The number of para-hydroxylation sites is 1. The number of carboxylic acids is 1. The molecule has 5 aromatic rings. The summed E-state index contributed by atoms with van der Waals surface area (Å²) >= 11 is 1.74. The van der Waals surface area contributed by atoms with Crippen LogP contribution in [0.15, 0.2) is 83.8 Å². The fourth-order valence-corrected chi connectivity index (χ4v) is 7.66. The fourth-order valence-electron chi connectivity index (χ4n) is 6.48. The maximum absolute atomic E-state index is 12.7. The Bertz CT molecular complexity index is 2030. The second-order valence-electron chi connectivity index (χ2n) is 14.5. The zero-order chi connectivity index (χ0) is 35.8. The van der Waals surface area contributed by atoms with Gasteiger partial charge in [0.1, 0.15) is 12.4 Å². The zero-order valence-corrected chi connectivity index (χ0v) is 30.5. The summed E-state index contributed by atoms with van der Waals surface area (Å²) < 4.78 is 13.7. The van der Waals surface area contributed by atoms with Crippen LogP contribution in [0.4, 0.5) is 5.69 Å². The summed E-state index contributed by atoms with van der Waals surface area (Å²) in [6, 6.07) is 25.9. The summed E-state index contributed by atoms with van der Waals surface area (Å²) in [5.74, 6) is 0.318. The molecule has 1 atom stereocenters. The van der Waals surface area contributed by atoms with Crippen molar-refractivity contribution in [2.75, 3.05) is 18.6 Å². The number of anilines is 1. The molecule has 0 unspecified atom stereocenters. The largest absolute Gasteiger partial charge is 0.491 e. The van der Waals surface area contributed by atoms with Crippen LogP contribution in [0.25, 0.3) is 22.2 Å². The highest BCUT2D eigenvalue weighted by molar-refractivity contribution is 8.00. The molecule has 3 heterocycles. The number of aromatic nitrogens is 3. The molecule has 260 valence electrons. The predicted octanol–water partition coefficient (Wildman–Crippen LogP) is 8.06. The molecule has 0 fully saturated rings. The van der Waals surface area contributed by atoms with E-state index in [9.17, 15) is 14.7 Å². The average Bonchev–Trinajstić information content (AvgIpc) is 3.58. The second-order valence-corrected chi connectivity index (χ2v) is 16.3. The van der Waals surface area contributed by atoms with Gasteiger partial charge < -0.3 is 24.0 Å². The van der Waals surface area contributed by atoms with E-state index in [-0.39, 0.29) is 16.7 Å². The van der Waals surface area contributed by atoms with Crippen LogP contribution < -0.4 is 14.4 Å². The van der Waals surface area contributed by atoms with E-state index in [4.69, 9.17) is 9.47 Å². The first-order chi connectivity index (χ1) is 23.7. The molecule has 3 aromatic carbocycles. The number of methoxy groups -OCH3 is 1. The lowest BCUT2D eigenvalue weighted by Crippen LogP contribution is -2.40. The Morgan fingerprint density at radius 2 is 1.70 bits per heavy atom. The number of fused-ring (bicyclic) bond motifs is 2. The molecule has 0 saturated heterocycles. The van der Waals surface area contributed by atoms with Crippen molar-refractivity contribution in [1.29, 1.82) is 0 Å². The van der Waals surface area contributed by atoms with E-state index in [0.717, 1.165) is 56.0 Å². The molecule has 0 spiro atoms. The van der Waals surface area contributed by atoms with Gasteiger partial charge >= 0.3 is 5.97 Å². The minimum Gasteiger partial charge on any atom is -0.491 e. The van der Waals surface area contributed by atoms with E-state index < -0.39 is 11.4 Å². The molecular formula is C40H44N4O5S. The number of amides is 1. The molecule has 1 aliphatic rings. The van der Waals surface area contributed by atoms with Crippen molar-refractivity contribution in [3.63, 3.8) is 0 Å². The molecule has 9 nitrogen and oxygen atoms in total. The van der Waals surface area contributed by atoms with E-state index >= 15 is 0 Å². The van der Waals surface area contributed by atoms with Crippen LogP contribution in [0.1, 0.15) is 58.4 Å². The number of hydrogen-bond acceptors (Lipinski definition) is 7. The van der Waals surface area contributed by atoms with E-state index in [1.54, 1.807) is 45.7 Å². The highest BCUT2D eigenvalue weighted by Crippen LogP contribution is 2.44. The van der Waals surface area contributed by atoms with E-state index in [1.165, 1.54) is 0 Å². The molecule has 0 aliphatic carbocycles. The minimum absolute atomic E-state index is 0.00408. The summed E-state index contributed by atoms with van der Waals surface area (Å²) in [6.07, 6.45) is 1.08. The average molecular weight is 693 g/mol. The van der Waals surface area contributed by atoms with Gasteiger partial charge in [-0.05, 0) is 61.7 Å². The minimum atomic E-state index is -0.997. The Balaban J connectivity index is 1.37.